The smallest absolute Gasteiger partial charge is 0.255 e. The fraction of sp³-hybridized carbons (Fsp3) is 0.440. The number of carbonyl (C=O) groups excluding carboxylic acids is 2. The molecule has 0 bridgehead atoms. The lowest BCUT2D eigenvalue weighted by atomic mass is 9.90. The van der Waals surface area contributed by atoms with Gasteiger partial charge in [0.05, 0.1) is 5.75 Å². The Morgan fingerprint density at radius 2 is 1.69 bits per heavy atom. The number of rotatable bonds is 7. The Balaban J connectivity index is 1.44. The molecule has 7 heteroatoms. The van der Waals surface area contributed by atoms with Gasteiger partial charge in [-0.2, -0.15) is 0 Å². The molecule has 0 N–H and O–H groups in total. The number of fused-ring (bicyclic) bond motifs is 1. The molecule has 2 aliphatic heterocycles. The molecule has 2 aromatic rings. The second-order valence-electron chi connectivity index (χ2n) is 8.98. The highest BCUT2D eigenvalue weighted by Crippen LogP contribution is 2.28. The van der Waals surface area contributed by atoms with E-state index in [2.05, 4.69) is 12.1 Å². The molecule has 1 saturated heterocycles. The van der Waals surface area contributed by atoms with Crippen LogP contribution in [0.15, 0.2) is 54.6 Å². The molecular weight excluding hydrogens is 424 g/mol. The highest BCUT2D eigenvalue weighted by Gasteiger charge is 2.39. The zero-order valence-corrected chi connectivity index (χ0v) is 19.3. The number of benzene rings is 2. The number of amides is 2. The van der Waals surface area contributed by atoms with Crippen molar-refractivity contribution in [2.45, 2.75) is 38.3 Å². The van der Waals surface area contributed by atoms with Crippen molar-refractivity contribution in [3.8, 4) is 0 Å². The zero-order chi connectivity index (χ0) is 22.7. The lowest BCUT2D eigenvalue weighted by Gasteiger charge is -2.37. The van der Waals surface area contributed by atoms with Gasteiger partial charge in [-0.05, 0) is 48.8 Å². The van der Waals surface area contributed by atoms with E-state index in [1.165, 1.54) is 11.8 Å². The minimum atomic E-state index is -3.25. The van der Waals surface area contributed by atoms with Gasteiger partial charge in [-0.3, -0.25) is 9.59 Å². The number of hydrogen-bond donors (Lipinski definition) is 0. The van der Waals surface area contributed by atoms with E-state index in [0.717, 1.165) is 24.8 Å². The van der Waals surface area contributed by atoms with E-state index in [0.29, 0.717) is 31.1 Å². The van der Waals surface area contributed by atoms with Gasteiger partial charge in [0.25, 0.3) is 5.91 Å². The van der Waals surface area contributed by atoms with Crippen LogP contribution in [0.3, 0.4) is 0 Å². The summed E-state index contributed by atoms with van der Waals surface area (Å²) in [6, 6.07) is 17.0. The third-order valence-electron chi connectivity index (χ3n) is 6.57. The topological polar surface area (TPSA) is 74.8 Å². The number of sulfone groups is 1. The normalized spacial score (nSPS) is 18.0. The van der Waals surface area contributed by atoms with E-state index in [4.69, 9.17) is 0 Å². The zero-order valence-electron chi connectivity index (χ0n) is 18.4. The Morgan fingerprint density at radius 3 is 2.34 bits per heavy atom. The van der Waals surface area contributed by atoms with Crippen LogP contribution in [-0.4, -0.2) is 61.2 Å². The SMILES string of the molecule is CS(=O)(=O)CCC(C(=O)N1CCC(Cc2ccccc2)CC1)N1Cc2ccccc2C1=O. The first-order valence-corrected chi connectivity index (χ1v) is 13.3. The average molecular weight is 455 g/mol. The minimum absolute atomic E-state index is 0.117. The van der Waals surface area contributed by atoms with Gasteiger partial charge >= 0.3 is 0 Å². The number of hydrogen-bond acceptors (Lipinski definition) is 4. The van der Waals surface area contributed by atoms with Crippen LogP contribution in [0, 0.1) is 5.92 Å². The van der Waals surface area contributed by atoms with Gasteiger partial charge in [0.15, 0.2) is 0 Å². The molecule has 4 rings (SSSR count). The molecule has 2 aliphatic rings. The average Bonchev–Trinajstić information content (AvgIpc) is 3.11. The van der Waals surface area contributed by atoms with Gasteiger partial charge in [-0.15, -0.1) is 0 Å². The van der Waals surface area contributed by atoms with Crippen LogP contribution in [0.1, 0.15) is 40.7 Å². The van der Waals surface area contributed by atoms with Crippen LogP contribution >= 0.6 is 0 Å². The predicted octanol–water partition coefficient (Wildman–Crippen LogP) is 2.93. The lowest BCUT2D eigenvalue weighted by molar-refractivity contribution is -0.137. The second-order valence-corrected chi connectivity index (χ2v) is 11.2. The van der Waals surface area contributed by atoms with Crippen LogP contribution in [-0.2, 0) is 27.6 Å². The summed E-state index contributed by atoms with van der Waals surface area (Å²) in [5, 5.41) is 0. The van der Waals surface area contributed by atoms with Gasteiger partial charge < -0.3 is 9.80 Å². The highest BCUT2D eigenvalue weighted by molar-refractivity contribution is 7.90. The van der Waals surface area contributed by atoms with Gasteiger partial charge in [0.2, 0.25) is 5.91 Å². The third kappa shape index (κ3) is 5.21. The Hall–Kier alpha value is -2.67. The van der Waals surface area contributed by atoms with Gasteiger partial charge in [-0.25, -0.2) is 8.42 Å². The molecule has 2 aromatic carbocycles. The molecule has 2 amide bonds. The van der Waals surface area contributed by atoms with Crippen molar-refractivity contribution in [1.82, 2.24) is 9.80 Å². The van der Waals surface area contributed by atoms with Gasteiger partial charge in [0, 0.05) is 31.5 Å². The van der Waals surface area contributed by atoms with E-state index in [1.807, 2.05) is 41.3 Å². The molecule has 0 aromatic heterocycles. The van der Waals surface area contributed by atoms with E-state index >= 15 is 0 Å². The minimum Gasteiger partial charge on any atom is -0.341 e. The summed E-state index contributed by atoms with van der Waals surface area (Å²) in [5.74, 6) is 0.0848. The van der Waals surface area contributed by atoms with E-state index in [1.54, 1.807) is 11.0 Å². The molecule has 0 saturated carbocycles. The van der Waals surface area contributed by atoms with Gasteiger partial charge in [0.1, 0.15) is 15.9 Å². The van der Waals surface area contributed by atoms with Crippen LogP contribution in [0.25, 0.3) is 0 Å². The fourth-order valence-electron chi connectivity index (χ4n) is 4.78. The molecule has 0 radical (unpaired) electrons. The summed E-state index contributed by atoms with van der Waals surface area (Å²) in [5.41, 5.74) is 2.80. The van der Waals surface area contributed by atoms with Crippen molar-refractivity contribution in [3.05, 3.63) is 71.3 Å². The Morgan fingerprint density at radius 1 is 1.03 bits per heavy atom. The van der Waals surface area contributed by atoms with Crippen LogP contribution in [0.2, 0.25) is 0 Å². The second kappa shape index (κ2) is 9.45. The summed E-state index contributed by atoms with van der Waals surface area (Å²) in [7, 11) is -3.25. The van der Waals surface area contributed by atoms with Crippen molar-refractivity contribution >= 4 is 21.7 Å². The predicted molar refractivity (Wildman–Crippen MR) is 124 cm³/mol. The summed E-state index contributed by atoms with van der Waals surface area (Å²) in [6.45, 7) is 1.63. The van der Waals surface area contributed by atoms with Crippen LogP contribution in [0.5, 0.6) is 0 Å². The third-order valence-corrected chi connectivity index (χ3v) is 7.54. The maximum atomic E-state index is 13.5. The number of likely N-dealkylation sites (tertiary alicyclic amines) is 1. The summed E-state index contributed by atoms with van der Waals surface area (Å²) in [6.07, 6.45) is 4.12. The first-order valence-electron chi connectivity index (χ1n) is 11.2. The number of carbonyl (C=O) groups is 2. The molecule has 1 unspecified atom stereocenters. The molecule has 0 aliphatic carbocycles. The summed E-state index contributed by atoms with van der Waals surface area (Å²) in [4.78, 5) is 29.9. The number of piperidine rings is 1. The Kier molecular flexibility index (Phi) is 6.65. The largest absolute Gasteiger partial charge is 0.341 e. The first-order chi connectivity index (χ1) is 15.3. The van der Waals surface area contributed by atoms with Crippen molar-refractivity contribution < 1.29 is 18.0 Å². The maximum absolute atomic E-state index is 13.5. The molecule has 0 spiro atoms. The van der Waals surface area contributed by atoms with E-state index < -0.39 is 15.9 Å². The Labute approximate surface area is 190 Å². The van der Waals surface area contributed by atoms with E-state index in [9.17, 15) is 18.0 Å². The summed E-state index contributed by atoms with van der Waals surface area (Å²) >= 11 is 0. The lowest BCUT2D eigenvalue weighted by Crippen LogP contribution is -2.51. The van der Waals surface area contributed by atoms with Crippen LogP contribution in [0.4, 0.5) is 0 Å². The van der Waals surface area contributed by atoms with Crippen molar-refractivity contribution in [2.24, 2.45) is 5.92 Å². The van der Waals surface area contributed by atoms with Crippen molar-refractivity contribution in [2.75, 3.05) is 25.1 Å². The summed E-state index contributed by atoms with van der Waals surface area (Å²) < 4.78 is 23.7. The standard InChI is InChI=1S/C25H30N2O4S/c1-32(30,31)16-13-23(27-18-21-9-5-6-10-22(21)24(27)28)25(29)26-14-11-20(12-15-26)17-19-7-3-2-4-8-19/h2-10,20,23H,11-18H2,1H3. The molecule has 1 atom stereocenters. The fourth-order valence-corrected chi connectivity index (χ4v) is 5.43. The molecule has 1 fully saturated rings. The molecule has 170 valence electrons. The molecule has 6 nitrogen and oxygen atoms in total. The molecule has 32 heavy (non-hydrogen) atoms. The molecular formula is C25H30N2O4S. The number of nitrogens with zero attached hydrogens (tertiary/aromatic N) is 2. The van der Waals surface area contributed by atoms with Gasteiger partial charge in [-0.1, -0.05) is 48.5 Å². The maximum Gasteiger partial charge on any atom is 0.255 e. The van der Waals surface area contributed by atoms with Crippen molar-refractivity contribution in [3.63, 3.8) is 0 Å². The monoisotopic (exact) mass is 454 g/mol. The highest BCUT2D eigenvalue weighted by atomic mass is 32.2. The van der Waals surface area contributed by atoms with E-state index in [-0.39, 0.29) is 24.0 Å². The van der Waals surface area contributed by atoms with Crippen molar-refractivity contribution in [1.29, 1.82) is 0 Å². The Bertz CT molecular complexity index is 1080. The van der Waals surface area contributed by atoms with Crippen LogP contribution < -0.4 is 0 Å². The quantitative estimate of drug-likeness (QED) is 0.645. The molecule has 2 heterocycles. The first kappa shape index (κ1) is 22.5.